The van der Waals surface area contributed by atoms with Gasteiger partial charge in [-0.15, -0.1) is 0 Å². The molecule has 0 saturated carbocycles. The van der Waals surface area contributed by atoms with Crippen molar-refractivity contribution in [2.24, 2.45) is 0 Å². The van der Waals surface area contributed by atoms with Crippen molar-refractivity contribution < 1.29 is 17.9 Å². The lowest BCUT2D eigenvalue weighted by atomic mass is 10.0. The number of benzene rings is 1. The number of nitrogens with zero attached hydrogens (tertiary/aromatic N) is 1. The van der Waals surface area contributed by atoms with Gasteiger partial charge in [0, 0.05) is 11.6 Å². The molecule has 0 bridgehead atoms. The maximum Gasteiger partial charge on any atom is 0.251 e. The highest BCUT2D eigenvalue weighted by Crippen LogP contribution is 2.23. The smallest absolute Gasteiger partial charge is 0.251 e. The summed E-state index contributed by atoms with van der Waals surface area (Å²) in [5.74, 6) is 0.689. The van der Waals surface area contributed by atoms with Crippen LogP contribution in [0, 0.1) is 0 Å². The molecule has 0 aliphatic carbocycles. The fraction of sp³-hybridized carbons (Fsp3) is 0.650. The zero-order chi connectivity index (χ0) is 19.3. The van der Waals surface area contributed by atoms with Crippen LogP contribution in [0.4, 0.5) is 0 Å². The van der Waals surface area contributed by atoms with Gasteiger partial charge in [0.2, 0.25) is 0 Å². The quantitative estimate of drug-likeness (QED) is 0.718. The number of amides is 1. The first-order valence-electron chi connectivity index (χ1n) is 9.97. The molecule has 2 unspecified atom stereocenters. The Balaban J connectivity index is 1.62. The molecule has 0 aromatic heterocycles. The highest BCUT2D eigenvalue weighted by atomic mass is 32.2. The predicted octanol–water partition coefficient (Wildman–Crippen LogP) is 2.25. The molecule has 150 valence electrons. The Kier molecular flexibility index (Phi) is 6.76. The first-order chi connectivity index (χ1) is 13.0. The number of nitrogens with one attached hydrogen (secondary N) is 1. The monoisotopic (exact) mass is 394 g/mol. The van der Waals surface area contributed by atoms with E-state index in [2.05, 4.69) is 17.1 Å². The molecule has 0 spiro atoms. The standard InChI is InChI=1S/C20H30N2O4S/c1-2-3-13-26-17-9-7-16(8-10-17)20(23)21-18-14-27(24,25)15-19(18)22-11-5-4-6-12-22/h7-10,18-19H,2-6,11-15H2,1H3,(H,21,23). The first kappa shape index (κ1) is 20.1. The summed E-state index contributed by atoms with van der Waals surface area (Å²) in [5, 5.41) is 2.97. The second-order valence-corrected chi connectivity index (χ2v) is 9.70. The number of likely N-dealkylation sites (tertiary alicyclic amines) is 1. The third kappa shape index (κ3) is 5.45. The van der Waals surface area contributed by atoms with E-state index in [0.717, 1.165) is 44.5 Å². The van der Waals surface area contributed by atoms with Crippen LogP contribution in [0.15, 0.2) is 24.3 Å². The Morgan fingerprint density at radius 1 is 1.15 bits per heavy atom. The summed E-state index contributed by atoms with van der Waals surface area (Å²) in [6.07, 6.45) is 5.45. The second kappa shape index (κ2) is 9.06. The number of piperidine rings is 1. The summed E-state index contributed by atoms with van der Waals surface area (Å²) in [6, 6.07) is 6.58. The summed E-state index contributed by atoms with van der Waals surface area (Å²) in [6.45, 7) is 4.60. The average molecular weight is 395 g/mol. The molecule has 2 saturated heterocycles. The zero-order valence-corrected chi connectivity index (χ0v) is 16.8. The molecule has 6 nitrogen and oxygen atoms in total. The molecule has 2 fully saturated rings. The number of carbonyl (C=O) groups is 1. The van der Waals surface area contributed by atoms with Crippen LogP contribution >= 0.6 is 0 Å². The maximum absolute atomic E-state index is 12.6. The predicted molar refractivity (Wildman–Crippen MR) is 106 cm³/mol. The van der Waals surface area contributed by atoms with Gasteiger partial charge < -0.3 is 10.1 Å². The van der Waals surface area contributed by atoms with E-state index in [9.17, 15) is 13.2 Å². The van der Waals surface area contributed by atoms with Crippen molar-refractivity contribution in [1.82, 2.24) is 10.2 Å². The minimum absolute atomic E-state index is 0.0259. The van der Waals surface area contributed by atoms with Gasteiger partial charge in [0.25, 0.3) is 5.91 Å². The molecule has 0 radical (unpaired) electrons. The van der Waals surface area contributed by atoms with E-state index in [1.54, 1.807) is 24.3 Å². The van der Waals surface area contributed by atoms with Gasteiger partial charge in [0.15, 0.2) is 9.84 Å². The van der Waals surface area contributed by atoms with Crippen LogP contribution < -0.4 is 10.1 Å². The average Bonchev–Trinajstić information content (AvgIpc) is 2.97. The van der Waals surface area contributed by atoms with Gasteiger partial charge >= 0.3 is 0 Å². The van der Waals surface area contributed by atoms with E-state index < -0.39 is 9.84 Å². The molecule has 3 rings (SSSR count). The van der Waals surface area contributed by atoms with E-state index in [4.69, 9.17) is 4.74 Å². The number of carbonyl (C=O) groups excluding carboxylic acids is 1. The van der Waals surface area contributed by atoms with E-state index in [0.29, 0.717) is 12.2 Å². The Morgan fingerprint density at radius 2 is 1.85 bits per heavy atom. The number of ether oxygens (including phenoxy) is 1. The van der Waals surface area contributed by atoms with Crippen LogP contribution in [0.1, 0.15) is 49.4 Å². The van der Waals surface area contributed by atoms with Gasteiger partial charge in [-0.05, 0) is 56.6 Å². The van der Waals surface area contributed by atoms with Gasteiger partial charge in [0.05, 0.1) is 24.2 Å². The van der Waals surface area contributed by atoms with E-state index in [1.807, 2.05) is 0 Å². The van der Waals surface area contributed by atoms with Gasteiger partial charge in [-0.25, -0.2) is 8.42 Å². The van der Waals surface area contributed by atoms with E-state index in [-0.39, 0.29) is 29.5 Å². The lowest BCUT2D eigenvalue weighted by Gasteiger charge is -2.35. The molecule has 2 atom stereocenters. The third-order valence-corrected chi connectivity index (χ3v) is 7.10. The zero-order valence-electron chi connectivity index (χ0n) is 16.0. The van der Waals surface area contributed by atoms with Gasteiger partial charge in [0.1, 0.15) is 5.75 Å². The van der Waals surface area contributed by atoms with Crippen LogP contribution in [0.25, 0.3) is 0 Å². The van der Waals surface area contributed by atoms with Crippen molar-refractivity contribution >= 4 is 15.7 Å². The van der Waals surface area contributed by atoms with E-state index >= 15 is 0 Å². The molecule has 7 heteroatoms. The van der Waals surface area contributed by atoms with Crippen molar-refractivity contribution in [1.29, 1.82) is 0 Å². The Hall–Kier alpha value is -1.60. The first-order valence-corrected chi connectivity index (χ1v) is 11.8. The number of hydrogen-bond donors (Lipinski definition) is 1. The molecule has 2 aliphatic heterocycles. The fourth-order valence-electron chi connectivity index (χ4n) is 3.87. The van der Waals surface area contributed by atoms with Gasteiger partial charge in [-0.3, -0.25) is 9.69 Å². The summed E-state index contributed by atoms with van der Waals surface area (Å²) >= 11 is 0. The topological polar surface area (TPSA) is 75.7 Å². The molecule has 2 aliphatic rings. The number of unbranched alkanes of at least 4 members (excludes halogenated alkanes) is 1. The van der Waals surface area contributed by atoms with Crippen LogP contribution in [-0.2, 0) is 9.84 Å². The summed E-state index contributed by atoms with van der Waals surface area (Å²) in [7, 11) is -3.12. The molecule has 1 aromatic carbocycles. The van der Waals surface area contributed by atoms with Crippen molar-refractivity contribution in [2.45, 2.75) is 51.1 Å². The van der Waals surface area contributed by atoms with Gasteiger partial charge in [-0.1, -0.05) is 19.8 Å². The largest absolute Gasteiger partial charge is 0.494 e. The number of sulfone groups is 1. The normalized spacial score (nSPS) is 25.2. The second-order valence-electron chi connectivity index (χ2n) is 7.55. The van der Waals surface area contributed by atoms with Crippen LogP contribution in [0.2, 0.25) is 0 Å². The molecule has 27 heavy (non-hydrogen) atoms. The Morgan fingerprint density at radius 3 is 2.52 bits per heavy atom. The van der Waals surface area contributed by atoms with Gasteiger partial charge in [-0.2, -0.15) is 0 Å². The molecule has 1 N–H and O–H groups in total. The summed E-state index contributed by atoms with van der Waals surface area (Å²) < 4.78 is 30.0. The molecular weight excluding hydrogens is 364 g/mol. The lowest BCUT2D eigenvalue weighted by molar-refractivity contribution is 0.0900. The molecular formula is C20H30N2O4S. The van der Waals surface area contributed by atoms with Crippen LogP contribution in [0.3, 0.4) is 0 Å². The summed E-state index contributed by atoms with van der Waals surface area (Å²) in [4.78, 5) is 14.9. The van der Waals surface area contributed by atoms with Crippen LogP contribution in [0.5, 0.6) is 5.75 Å². The SMILES string of the molecule is CCCCOc1ccc(C(=O)NC2CS(=O)(=O)CC2N2CCCCC2)cc1. The number of hydrogen-bond acceptors (Lipinski definition) is 5. The highest BCUT2D eigenvalue weighted by molar-refractivity contribution is 7.91. The van der Waals surface area contributed by atoms with Crippen molar-refractivity contribution in [3.8, 4) is 5.75 Å². The number of rotatable bonds is 7. The highest BCUT2D eigenvalue weighted by Gasteiger charge is 2.41. The fourth-order valence-corrected chi connectivity index (χ4v) is 5.82. The summed E-state index contributed by atoms with van der Waals surface area (Å²) in [5.41, 5.74) is 0.527. The van der Waals surface area contributed by atoms with Crippen molar-refractivity contribution in [3.05, 3.63) is 29.8 Å². The van der Waals surface area contributed by atoms with Crippen molar-refractivity contribution in [2.75, 3.05) is 31.2 Å². The molecule has 2 heterocycles. The third-order valence-electron chi connectivity index (χ3n) is 5.38. The minimum atomic E-state index is -3.12. The van der Waals surface area contributed by atoms with Crippen LogP contribution in [-0.4, -0.2) is 62.5 Å². The Labute approximate surface area is 162 Å². The molecule has 1 amide bonds. The minimum Gasteiger partial charge on any atom is -0.494 e. The van der Waals surface area contributed by atoms with Crippen molar-refractivity contribution in [3.63, 3.8) is 0 Å². The maximum atomic E-state index is 12.6. The van der Waals surface area contributed by atoms with E-state index in [1.165, 1.54) is 6.42 Å². The molecule has 1 aromatic rings. The Bertz CT molecular complexity index is 727. The lowest BCUT2D eigenvalue weighted by Crippen LogP contribution is -2.52.